The quantitative estimate of drug-likeness (QED) is 0.744. The minimum atomic E-state index is 0.782. The number of hydrogen-bond acceptors (Lipinski definition) is 8. The average molecular weight is 365 g/mol. The van der Waals surface area contributed by atoms with E-state index in [2.05, 4.69) is 45.9 Å². The van der Waals surface area contributed by atoms with Gasteiger partial charge >= 0.3 is 0 Å². The summed E-state index contributed by atoms with van der Waals surface area (Å²) in [5.41, 5.74) is 0.782. The number of nitrogens with one attached hydrogen (secondary N) is 1. The Balaban J connectivity index is 1.34. The first-order chi connectivity index (χ1) is 13.3. The van der Waals surface area contributed by atoms with Crippen LogP contribution in [0.5, 0.6) is 0 Å². The summed E-state index contributed by atoms with van der Waals surface area (Å²) in [6, 6.07) is 2.15. The van der Waals surface area contributed by atoms with Crippen LogP contribution in [0.2, 0.25) is 0 Å². The molecule has 140 valence electrons. The maximum absolute atomic E-state index is 4.70. The van der Waals surface area contributed by atoms with E-state index < -0.39 is 0 Å². The minimum absolute atomic E-state index is 0.782. The second kappa shape index (κ2) is 6.64. The van der Waals surface area contributed by atoms with Gasteiger partial charge in [-0.15, -0.1) is 0 Å². The van der Waals surface area contributed by atoms with Gasteiger partial charge in [-0.05, 0) is 19.8 Å². The summed E-state index contributed by atoms with van der Waals surface area (Å²) in [5, 5.41) is 7.98. The van der Waals surface area contributed by atoms with E-state index in [0.29, 0.717) is 0 Å². The Morgan fingerprint density at radius 1 is 0.852 bits per heavy atom. The molecule has 9 heteroatoms. The largest absolute Gasteiger partial charge is 0.356 e. The Morgan fingerprint density at radius 2 is 1.52 bits per heavy atom. The molecule has 9 nitrogen and oxygen atoms in total. The fourth-order valence-corrected chi connectivity index (χ4v) is 3.96. The van der Waals surface area contributed by atoms with Gasteiger partial charge in [-0.3, -0.25) is 5.10 Å². The highest BCUT2D eigenvalue weighted by atomic mass is 15.3. The first kappa shape index (κ1) is 16.2. The number of fused-ring (bicyclic) bond motifs is 1. The summed E-state index contributed by atoms with van der Waals surface area (Å²) in [4.78, 5) is 25.1. The maximum atomic E-state index is 4.70. The summed E-state index contributed by atoms with van der Waals surface area (Å²) >= 11 is 0. The van der Waals surface area contributed by atoms with E-state index in [-0.39, 0.29) is 0 Å². The predicted molar refractivity (Wildman–Crippen MR) is 104 cm³/mol. The molecular weight excluding hydrogens is 342 g/mol. The van der Waals surface area contributed by atoms with Crippen molar-refractivity contribution in [3.05, 3.63) is 24.4 Å². The SMILES string of the molecule is Cc1nc(N2CCCC2)cc(N2CCN(c3ncnc4[nH]ncc34)CC2)n1. The van der Waals surface area contributed by atoms with Gasteiger partial charge in [0.2, 0.25) is 0 Å². The van der Waals surface area contributed by atoms with Gasteiger partial charge in [0.15, 0.2) is 5.65 Å². The first-order valence-corrected chi connectivity index (χ1v) is 9.52. The summed E-state index contributed by atoms with van der Waals surface area (Å²) in [7, 11) is 0. The Labute approximate surface area is 157 Å². The van der Waals surface area contributed by atoms with Gasteiger partial charge in [0.1, 0.15) is 29.6 Å². The van der Waals surface area contributed by atoms with Crippen LogP contribution in [0.3, 0.4) is 0 Å². The second-order valence-corrected chi connectivity index (χ2v) is 7.13. The van der Waals surface area contributed by atoms with Crippen molar-refractivity contribution in [3.8, 4) is 0 Å². The van der Waals surface area contributed by atoms with Gasteiger partial charge in [0, 0.05) is 45.3 Å². The number of aromatic nitrogens is 6. The van der Waals surface area contributed by atoms with E-state index in [1.54, 1.807) is 12.5 Å². The Bertz CT molecular complexity index is 939. The van der Waals surface area contributed by atoms with E-state index in [1.807, 2.05) is 6.92 Å². The highest BCUT2D eigenvalue weighted by Gasteiger charge is 2.23. The number of aromatic amines is 1. The predicted octanol–water partition coefficient (Wildman–Crippen LogP) is 1.38. The molecule has 0 aliphatic carbocycles. The Kier molecular flexibility index (Phi) is 3.99. The molecule has 2 aliphatic rings. The van der Waals surface area contributed by atoms with Crippen LogP contribution in [0.4, 0.5) is 17.5 Å². The molecule has 0 bridgehead atoms. The number of hydrogen-bond donors (Lipinski definition) is 1. The molecular formula is C18H23N9. The molecule has 0 atom stereocenters. The topological polar surface area (TPSA) is 90.0 Å². The van der Waals surface area contributed by atoms with Crippen LogP contribution in [0.15, 0.2) is 18.6 Å². The van der Waals surface area contributed by atoms with Crippen molar-refractivity contribution in [3.63, 3.8) is 0 Å². The maximum Gasteiger partial charge on any atom is 0.160 e. The van der Waals surface area contributed by atoms with Crippen molar-refractivity contribution in [1.82, 2.24) is 30.1 Å². The van der Waals surface area contributed by atoms with Gasteiger partial charge in [0.25, 0.3) is 0 Å². The van der Waals surface area contributed by atoms with E-state index in [1.165, 1.54) is 12.8 Å². The molecule has 0 radical (unpaired) electrons. The molecule has 5 heterocycles. The number of rotatable bonds is 3. The average Bonchev–Trinajstić information content (AvgIpc) is 3.39. The van der Waals surface area contributed by atoms with E-state index >= 15 is 0 Å². The molecule has 3 aromatic heterocycles. The van der Waals surface area contributed by atoms with Gasteiger partial charge in [-0.2, -0.15) is 5.10 Å². The lowest BCUT2D eigenvalue weighted by molar-refractivity contribution is 0.641. The number of piperazine rings is 1. The smallest absolute Gasteiger partial charge is 0.160 e. The van der Waals surface area contributed by atoms with Crippen LogP contribution in [0.25, 0.3) is 11.0 Å². The van der Waals surface area contributed by atoms with Crippen molar-refractivity contribution >= 4 is 28.5 Å². The van der Waals surface area contributed by atoms with Crippen LogP contribution in [-0.4, -0.2) is 69.4 Å². The Hall–Kier alpha value is -2.97. The highest BCUT2D eigenvalue weighted by molar-refractivity contribution is 5.86. The zero-order valence-corrected chi connectivity index (χ0v) is 15.5. The summed E-state index contributed by atoms with van der Waals surface area (Å²) < 4.78 is 0. The fourth-order valence-electron chi connectivity index (χ4n) is 3.96. The van der Waals surface area contributed by atoms with E-state index in [0.717, 1.165) is 73.6 Å². The summed E-state index contributed by atoms with van der Waals surface area (Å²) in [6.45, 7) is 7.75. The van der Waals surface area contributed by atoms with Crippen molar-refractivity contribution in [2.75, 3.05) is 54.0 Å². The van der Waals surface area contributed by atoms with Gasteiger partial charge in [-0.25, -0.2) is 19.9 Å². The summed E-state index contributed by atoms with van der Waals surface area (Å²) in [6.07, 6.45) is 5.89. The van der Waals surface area contributed by atoms with Gasteiger partial charge < -0.3 is 14.7 Å². The third kappa shape index (κ3) is 3.02. The van der Waals surface area contributed by atoms with E-state index in [4.69, 9.17) is 4.98 Å². The zero-order valence-electron chi connectivity index (χ0n) is 15.5. The van der Waals surface area contributed by atoms with Crippen LogP contribution >= 0.6 is 0 Å². The van der Waals surface area contributed by atoms with Crippen molar-refractivity contribution in [2.24, 2.45) is 0 Å². The normalized spacial score (nSPS) is 17.9. The molecule has 2 aliphatic heterocycles. The van der Waals surface area contributed by atoms with Crippen molar-refractivity contribution in [1.29, 1.82) is 0 Å². The molecule has 0 aromatic carbocycles. The first-order valence-electron chi connectivity index (χ1n) is 9.52. The number of anilines is 3. The number of aryl methyl sites for hydroxylation is 1. The highest BCUT2D eigenvalue weighted by Crippen LogP contribution is 2.26. The second-order valence-electron chi connectivity index (χ2n) is 7.13. The van der Waals surface area contributed by atoms with Crippen LogP contribution in [0, 0.1) is 6.92 Å². The third-order valence-electron chi connectivity index (χ3n) is 5.37. The van der Waals surface area contributed by atoms with Crippen LogP contribution < -0.4 is 14.7 Å². The molecule has 2 fully saturated rings. The molecule has 0 amide bonds. The lowest BCUT2D eigenvalue weighted by atomic mass is 10.2. The van der Waals surface area contributed by atoms with Gasteiger partial charge in [0.05, 0.1) is 11.6 Å². The molecule has 0 saturated carbocycles. The van der Waals surface area contributed by atoms with Crippen LogP contribution in [-0.2, 0) is 0 Å². The molecule has 0 spiro atoms. The minimum Gasteiger partial charge on any atom is -0.356 e. The third-order valence-corrected chi connectivity index (χ3v) is 5.37. The molecule has 5 rings (SSSR count). The monoisotopic (exact) mass is 365 g/mol. The molecule has 27 heavy (non-hydrogen) atoms. The Morgan fingerprint density at radius 3 is 2.26 bits per heavy atom. The molecule has 0 unspecified atom stereocenters. The van der Waals surface area contributed by atoms with Crippen molar-refractivity contribution < 1.29 is 0 Å². The zero-order chi connectivity index (χ0) is 18.2. The lowest BCUT2D eigenvalue weighted by Crippen LogP contribution is -2.47. The number of H-pyrrole nitrogens is 1. The molecule has 1 N–H and O–H groups in total. The molecule has 3 aromatic rings. The van der Waals surface area contributed by atoms with Gasteiger partial charge in [-0.1, -0.05) is 0 Å². The van der Waals surface area contributed by atoms with Crippen molar-refractivity contribution in [2.45, 2.75) is 19.8 Å². The number of nitrogens with zero attached hydrogens (tertiary/aromatic N) is 8. The van der Waals surface area contributed by atoms with E-state index in [9.17, 15) is 0 Å². The standard InChI is InChI=1S/C18H23N9/c1-13-22-15(25-4-2-3-5-25)10-16(23-13)26-6-8-27(9-7-26)18-14-11-21-24-17(14)19-12-20-18/h10-12H,2-9H2,1H3,(H,19,20,21,24). The lowest BCUT2D eigenvalue weighted by Gasteiger charge is -2.36. The molecule has 2 saturated heterocycles. The fraction of sp³-hybridized carbons (Fsp3) is 0.500. The summed E-state index contributed by atoms with van der Waals surface area (Å²) in [5.74, 6) is 3.88. The van der Waals surface area contributed by atoms with Crippen LogP contribution in [0.1, 0.15) is 18.7 Å².